The molecule has 0 spiro atoms. The molecular weight excluding hydrogens is 260 g/mol. The van der Waals surface area contributed by atoms with Crippen LogP contribution >= 0.6 is 11.6 Å². The molecule has 0 aromatic heterocycles. The molecule has 0 saturated carbocycles. The molecule has 2 N–H and O–H groups in total. The fourth-order valence-corrected chi connectivity index (χ4v) is 2.72. The average Bonchev–Trinajstić information content (AvgIpc) is 2.46. The highest BCUT2D eigenvalue weighted by molar-refractivity contribution is 6.31. The third-order valence-electron chi connectivity index (χ3n) is 3.82. The Labute approximate surface area is 119 Å². The van der Waals surface area contributed by atoms with Crippen LogP contribution in [0.1, 0.15) is 31.7 Å². The monoisotopic (exact) mass is 280 g/mol. The zero-order valence-electron chi connectivity index (χ0n) is 11.3. The molecule has 3 nitrogen and oxygen atoms in total. The molecule has 1 aliphatic rings. The second kappa shape index (κ2) is 6.92. The van der Waals surface area contributed by atoms with E-state index < -0.39 is 0 Å². The van der Waals surface area contributed by atoms with Gasteiger partial charge in [-0.2, -0.15) is 0 Å². The van der Waals surface area contributed by atoms with Gasteiger partial charge in [0.2, 0.25) is 5.91 Å². The first-order valence-corrected chi connectivity index (χ1v) is 7.33. The van der Waals surface area contributed by atoms with Crippen LogP contribution in [0.4, 0.5) is 0 Å². The first-order chi connectivity index (χ1) is 9.20. The lowest BCUT2D eigenvalue weighted by atomic mass is 9.90. The van der Waals surface area contributed by atoms with E-state index >= 15 is 0 Å². The fraction of sp³-hybridized carbons (Fsp3) is 0.533. The molecule has 1 aliphatic heterocycles. The van der Waals surface area contributed by atoms with Gasteiger partial charge in [-0.25, -0.2) is 0 Å². The topological polar surface area (TPSA) is 41.1 Å². The molecule has 1 aromatic carbocycles. The standard InChI is InChI=1S/C15H21ClN2O/c1-2-11-7-8-17-14(9-11)15(19)18-10-12-5-3-4-6-13(12)16/h3-6,11,14,17H,2,7-10H2,1H3,(H,18,19). The Morgan fingerprint density at radius 2 is 2.26 bits per heavy atom. The van der Waals surface area contributed by atoms with Crippen LogP contribution in [0, 0.1) is 5.92 Å². The fourth-order valence-electron chi connectivity index (χ4n) is 2.51. The van der Waals surface area contributed by atoms with Crippen molar-refractivity contribution in [2.45, 2.75) is 38.8 Å². The van der Waals surface area contributed by atoms with Crippen molar-refractivity contribution in [3.63, 3.8) is 0 Å². The highest BCUT2D eigenvalue weighted by Crippen LogP contribution is 2.19. The number of nitrogens with one attached hydrogen (secondary N) is 2. The Balaban J connectivity index is 1.86. The number of hydrogen-bond donors (Lipinski definition) is 2. The van der Waals surface area contributed by atoms with Crippen LogP contribution in [0.5, 0.6) is 0 Å². The molecule has 0 bridgehead atoms. The first-order valence-electron chi connectivity index (χ1n) is 6.95. The number of carbonyl (C=O) groups excluding carboxylic acids is 1. The van der Waals surface area contributed by atoms with Gasteiger partial charge >= 0.3 is 0 Å². The van der Waals surface area contributed by atoms with Gasteiger partial charge in [-0.1, -0.05) is 43.1 Å². The lowest BCUT2D eigenvalue weighted by Crippen LogP contribution is -2.48. The minimum absolute atomic E-state index is 0.0545. The Morgan fingerprint density at radius 3 is 3.00 bits per heavy atom. The summed E-state index contributed by atoms with van der Waals surface area (Å²) >= 11 is 6.07. The summed E-state index contributed by atoms with van der Waals surface area (Å²) < 4.78 is 0. The van der Waals surface area contributed by atoms with Crippen molar-refractivity contribution in [3.8, 4) is 0 Å². The quantitative estimate of drug-likeness (QED) is 0.890. The molecule has 0 aliphatic carbocycles. The van der Waals surface area contributed by atoms with Crippen molar-refractivity contribution in [3.05, 3.63) is 34.9 Å². The van der Waals surface area contributed by atoms with Crippen molar-refractivity contribution in [1.82, 2.24) is 10.6 Å². The number of halogens is 1. The van der Waals surface area contributed by atoms with Crippen LogP contribution in [0.3, 0.4) is 0 Å². The van der Waals surface area contributed by atoms with Crippen LogP contribution in [0.2, 0.25) is 5.02 Å². The van der Waals surface area contributed by atoms with E-state index in [0.29, 0.717) is 17.5 Å². The molecule has 2 unspecified atom stereocenters. The summed E-state index contributed by atoms with van der Waals surface area (Å²) in [5.74, 6) is 0.746. The van der Waals surface area contributed by atoms with Gasteiger partial charge in [0.15, 0.2) is 0 Å². The number of piperidine rings is 1. The normalized spacial score (nSPS) is 23.1. The molecule has 4 heteroatoms. The van der Waals surface area contributed by atoms with Gasteiger partial charge in [0.05, 0.1) is 6.04 Å². The minimum atomic E-state index is -0.0545. The van der Waals surface area contributed by atoms with E-state index in [9.17, 15) is 4.79 Å². The average molecular weight is 281 g/mol. The van der Waals surface area contributed by atoms with E-state index in [1.807, 2.05) is 24.3 Å². The second-order valence-corrected chi connectivity index (χ2v) is 5.52. The predicted octanol–water partition coefficient (Wildman–Crippen LogP) is 2.73. The van der Waals surface area contributed by atoms with E-state index in [2.05, 4.69) is 17.6 Å². The molecule has 19 heavy (non-hydrogen) atoms. The van der Waals surface area contributed by atoms with Gasteiger partial charge in [-0.05, 0) is 36.9 Å². The number of rotatable bonds is 4. The van der Waals surface area contributed by atoms with Crippen LogP contribution in [0.25, 0.3) is 0 Å². The van der Waals surface area contributed by atoms with E-state index in [1.54, 1.807) is 0 Å². The molecule has 2 rings (SSSR count). The van der Waals surface area contributed by atoms with E-state index in [4.69, 9.17) is 11.6 Å². The predicted molar refractivity (Wildman–Crippen MR) is 78.1 cm³/mol. The zero-order valence-corrected chi connectivity index (χ0v) is 12.0. The Bertz CT molecular complexity index is 436. The van der Waals surface area contributed by atoms with Gasteiger partial charge < -0.3 is 10.6 Å². The number of hydrogen-bond acceptors (Lipinski definition) is 2. The molecule has 0 radical (unpaired) electrons. The lowest BCUT2D eigenvalue weighted by molar-refractivity contribution is -0.124. The first kappa shape index (κ1) is 14.4. The zero-order chi connectivity index (χ0) is 13.7. The molecule has 104 valence electrons. The summed E-state index contributed by atoms with van der Waals surface area (Å²) in [5, 5.41) is 6.96. The van der Waals surface area contributed by atoms with Crippen LogP contribution in [-0.2, 0) is 11.3 Å². The summed E-state index contributed by atoms with van der Waals surface area (Å²) in [5.41, 5.74) is 0.959. The second-order valence-electron chi connectivity index (χ2n) is 5.11. The van der Waals surface area contributed by atoms with Gasteiger partial charge in [0.1, 0.15) is 0 Å². The Morgan fingerprint density at radius 1 is 1.47 bits per heavy atom. The maximum atomic E-state index is 12.1. The van der Waals surface area contributed by atoms with Crippen molar-refractivity contribution in [2.75, 3.05) is 6.54 Å². The summed E-state index contributed by atoms with van der Waals surface area (Å²) in [4.78, 5) is 12.1. The van der Waals surface area contributed by atoms with Crippen LogP contribution < -0.4 is 10.6 Å². The van der Waals surface area contributed by atoms with Crippen molar-refractivity contribution in [2.24, 2.45) is 5.92 Å². The Hall–Kier alpha value is -1.06. The van der Waals surface area contributed by atoms with E-state index in [0.717, 1.165) is 24.9 Å². The third kappa shape index (κ3) is 3.95. The van der Waals surface area contributed by atoms with E-state index in [-0.39, 0.29) is 11.9 Å². The van der Waals surface area contributed by atoms with Crippen LogP contribution in [0.15, 0.2) is 24.3 Å². The maximum Gasteiger partial charge on any atom is 0.237 e. The highest BCUT2D eigenvalue weighted by Gasteiger charge is 2.25. The van der Waals surface area contributed by atoms with Gasteiger partial charge in [-0.3, -0.25) is 4.79 Å². The third-order valence-corrected chi connectivity index (χ3v) is 4.19. The van der Waals surface area contributed by atoms with Crippen molar-refractivity contribution < 1.29 is 4.79 Å². The summed E-state index contributed by atoms with van der Waals surface area (Å²) in [7, 11) is 0. The number of carbonyl (C=O) groups is 1. The molecule has 1 amide bonds. The minimum Gasteiger partial charge on any atom is -0.351 e. The van der Waals surface area contributed by atoms with Gasteiger partial charge in [-0.15, -0.1) is 0 Å². The summed E-state index contributed by atoms with van der Waals surface area (Å²) in [6.07, 6.45) is 3.26. The van der Waals surface area contributed by atoms with Crippen molar-refractivity contribution in [1.29, 1.82) is 0 Å². The Kier molecular flexibility index (Phi) is 5.23. The summed E-state index contributed by atoms with van der Waals surface area (Å²) in [6, 6.07) is 7.55. The molecule has 1 fully saturated rings. The van der Waals surface area contributed by atoms with Crippen LogP contribution in [-0.4, -0.2) is 18.5 Å². The number of benzene rings is 1. The molecule has 2 atom stereocenters. The molecule has 1 aromatic rings. The van der Waals surface area contributed by atoms with E-state index in [1.165, 1.54) is 6.42 Å². The largest absolute Gasteiger partial charge is 0.351 e. The smallest absolute Gasteiger partial charge is 0.237 e. The lowest BCUT2D eigenvalue weighted by Gasteiger charge is -2.28. The van der Waals surface area contributed by atoms with Crippen molar-refractivity contribution >= 4 is 17.5 Å². The van der Waals surface area contributed by atoms with Gasteiger partial charge in [0.25, 0.3) is 0 Å². The molecule has 1 heterocycles. The molecule has 1 saturated heterocycles. The SMILES string of the molecule is CCC1CCNC(C(=O)NCc2ccccc2Cl)C1. The highest BCUT2D eigenvalue weighted by atomic mass is 35.5. The van der Waals surface area contributed by atoms with Gasteiger partial charge in [0, 0.05) is 11.6 Å². The summed E-state index contributed by atoms with van der Waals surface area (Å²) in [6.45, 7) is 3.62. The molecular formula is C15H21ClN2O. The maximum absolute atomic E-state index is 12.1. The number of amides is 1.